The van der Waals surface area contributed by atoms with E-state index in [2.05, 4.69) is 14.4 Å². The second-order valence-electron chi connectivity index (χ2n) is 7.67. The fourth-order valence-corrected chi connectivity index (χ4v) is 6.20. The summed E-state index contributed by atoms with van der Waals surface area (Å²) in [5.41, 5.74) is 2.27. The van der Waals surface area contributed by atoms with Crippen molar-refractivity contribution in [1.82, 2.24) is 4.98 Å². The van der Waals surface area contributed by atoms with E-state index in [1.807, 2.05) is 6.92 Å². The number of nitrogens with one attached hydrogen (secondary N) is 2. The molecule has 2 N–H and O–H groups in total. The smallest absolute Gasteiger partial charge is 0.262 e. The number of fused-ring (bicyclic) bond motifs is 1. The molecule has 0 aliphatic rings. The van der Waals surface area contributed by atoms with Crippen molar-refractivity contribution in [2.24, 2.45) is 0 Å². The number of pyridine rings is 1. The molecule has 0 atom stereocenters. The van der Waals surface area contributed by atoms with Crippen LogP contribution in [0.2, 0.25) is 0 Å². The fourth-order valence-electron chi connectivity index (χ4n) is 3.61. The lowest BCUT2D eigenvalue weighted by Gasteiger charge is -2.15. The van der Waals surface area contributed by atoms with Crippen molar-refractivity contribution in [2.45, 2.75) is 23.6 Å². The number of anilines is 2. The number of nitrogens with zero attached hydrogens (tertiary/aromatic N) is 1. The highest BCUT2D eigenvalue weighted by atomic mass is 32.2. The Kier molecular flexibility index (Phi) is 6.20. The number of aryl methyl sites for hydroxylation is 2. The molecule has 0 aliphatic carbocycles. The molecule has 0 saturated carbocycles. The van der Waals surface area contributed by atoms with Crippen LogP contribution in [0.4, 0.5) is 11.4 Å². The van der Waals surface area contributed by atoms with Gasteiger partial charge in [-0.3, -0.25) is 14.4 Å². The maximum absolute atomic E-state index is 13.2. The lowest BCUT2D eigenvalue weighted by Crippen LogP contribution is -2.17. The zero-order chi connectivity index (χ0) is 24.5. The first-order valence-electron chi connectivity index (χ1n) is 10.3. The Morgan fingerprint density at radius 3 is 2.24 bits per heavy atom. The van der Waals surface area contributed by atoms with Gasteiger partial charge in [0.1, 0.15) is 5.75 Å². The van der Waals surface area contributed by atoms with Gasteiger partial charge in [0, 0.05) is 11.6 Å². The molecule has 1 heterocycles. The number of sulfonamides is 2. The molecule has 176 valence electrons. The van der Waals surface area contributed by atoms with Crippen molar-refractivity contribution in [2.75, 3.05) is 16.6 Å². The summed E-state index contributed by atoms with van der Waals surface area (Å²) >= 11 is 0. The summed E-state index contributed by atoms with van der Waals surface area (Å²) in [6.45, 7) is 3.49. The maximum Gasteiger partial charge on any atom is 0.262 e. The first-order chi connectivity index (χ1) is 16.1. The van der Waals surface area contributed by atoms with Gasteiger partial charge < -0.3 is 4.74 Å². The van der Waals surface area contributed by atoms with Gasteiger partial charge in [-0.15, -0.1) is 0 Å². The molecule has 1 aromatic heterocycles. The SMILES string of the molecule is COc1ccccc1NS(=O)(=O)c1cc(NS(=O)(=O)c2ccc(C)c3ncccc23)ccc1C. The number of methoxy groups -OCH3 is 1. The monoisotopic (exact) mass is 497 g/mol. The topological polar surface area (TPSA) is 114 Å². The molecule has 0 aliphatic heterocycles. The number of hydrogen-bond acceptors (Lipinski definition) is 6. The average molecular weight is 498 g/mol. The van der Waals surface area contributed by atoms with E-state index in [9.17, 15) is 16.8 Å². The van der Waals surface area contributed by atoms with E-state index in [-0.39, 0.29) is 21.2 Å². The Labute approximate surface area is 198 Å². The van der Waals surface area contributed by atoms with Gasteiger partial charge in [0.15, 0.2) is 0 Å². The molecule has 3 aromatic carbocycles. The van der Waals surface area contributed by atoms with E-state index in [1.165, 1.54) is 25.3 Å². The van der Waals surface area contributed by atoms with Gasteiger partial charge in [-0.25, -0.2) is 16.8 Å². The summed E-state index contributed by atoms with van der Waals surface area (Å²) in [4.78, 5) is 4.28. The summed E-state index contributed by atoms with van der Waals surface area (Å²) in [6.07, 6.45) is 1.60. The van der Waals surface area contributed by atoms with Crippen LogP contribution in [-0.4, -0.2) is 28.9 Å². The van der Waals surface area contributed by atoms with Gasteiger partial charge >= 0.3 is 0 Å². The molecule has 0 unspecified atom stereocenters. The van der Waals surface area contributed by atoms with Crippen LogP contribution in [0.3, 0.4) is 0 Å². The number of benzene rings is 3. The van der Waals surface area contributed by atoms with Gasteiger partial charge in [0.2, 0.25) is 0 Å². The van der Waals surface area contributed by atoms with Crippen molar-refractivity contribution >= 4 is 42.3 Å². The van der Waals surface area contributed by atoms with Gasteiger partial charge in [-0.2, -0.15) is 0 Å². The summed E-state index contributed by atoms with van der Waals surface area (Å²) in [6, 6.07) is 17.5. The Hall–Kier alpha value is -3.63. The van der Waals surface area contributed by atoms with Crippen molar-refractivity contribution in [3.8, 4) is 5.75 Å². The van der Waals surface area contributed by atoms with E-state index in [4.69, 9.17) is 4.74 Å². The van der Waals surface area contributed by atoms with E-state index in [1.54, 1.807) is 61.7 Å². The molecule has 4 aromatic rings. The first-order valence-corrected chi connectivity index (χ1v) is 13.2. The maximum atomic E-state index is 13.2. The summed E-state index contributed by atoms with van der Waals surface area (Å²) in [7, 11) is -6.62. The zero-order valence-corrected chi connectivity index (χ0v) is 20.4. The summed E-state index contributed by atoms with van der Waals surface area (Å²) in [5.74, 6) is 0.362. The zero-order valence-electron chi connectivity index (χ0n) is 18.7. The van der Waals surface area contributed by atoms with Crippen LogP contribution in [0, 0.1) is 13.8 Å². The molecule has 0 bridgehead atoms. The molecule has 4 rings (SSSR count). The van der Waals surface area contributed by atoms with Crippen LogP contribution >= 0.6 is 0 Å². The minimum absolute atomic E-state index is 0.0540. The largest absolute Gasteiger partial charge is 0.495 e. The second kappa shape index (κ2) is 8.96. The van der Waals surface area contributed by atoms with Crippen LogP contribution in [-0.2, 0) is 20.0 Å². The molecule has 0 spiro atoms. The highest BCUT2D eigenvalue weighted by Gasteiger charge is 2.22. The highest BCUT2D eigenvalue weighted by Crippen LogP contribution is 2.30. The number of aromatic nitrogens is 1. The molecule has 34 heavy (non-hydrogen) atoms. The molecule has 8 nitrogen and oxygen atoms in total. The lowest BCUT2D eigenvalue weighted by molar-refractivity contribution is 0.417. The van der Waals surface area contributed by atoms with E-state index >= 15 is 0 Å². The number of hydrogen-bond donors (Lipinski definition) is 2. The number of ether oxygens (including phenoxy) is 1. The Morgan fingerprint density at radius 1 is 0.765 bits per heavy atom. The predicted octanol–water partition coefficient (Wildman–Crippen LogP) is 4.46. The third-order valence-corrected chi connectivity index (χ3v) is 8.25. The average Bonchev–Trinajstić information content (AvgIpc) is 2.80. The van der Waals surface area contributed by atoms with Crippen LogP contribution in [0.1, 0.15) is 11.1 Å². The quantitative estimate of drug-likeness (QED) is 0.390. The second-order valence-corrected chi connectivity index (χ2v) is 11.0. The van der Waals surface area contributed by atoms with Crippen molar-refractivity contribution in [1.29, 1.82) is 0 Å². The predicted molar refractivity (Wildman–Crippen MR) is 132 cm³/mol. The minimum Gasteiger partial charge on any atom is -0.495 e. The molecule has 0 saturated heterocycles. The van der Waals surface area contributed by atoms with Gasteiger partial charge in [0.25, 0.3) is 20.0 Å². The third kappa shape index (κ3) is 4.55. The molecular formula is C24H23N3O5S2. The normalized spacial score (nSPS) is 11.9. The van der Waals surface area contributed by atoms with Gasteiger partial charge in [-0.05, 0) is 67.4 Å². The van der Waals surface area contributed by atoms with E-state index in [0.29, 0.717) is 22.2 Å². The summed E-state index contributed by atoms with van der Waals surface area (Å²) < 4.78 is 63.0. The molecule has 10 heteroatoms. The van der Waals surface area contributed by atoms with Gasteiger partial charge in [0.05, 0.1) is 33.8 Å². The van der Waals surface area contributed by atoms with Crippen LogP contribution < -0.4 is 14.2 Å². The highest BCUT2D eigenvalue weighted by molar-refractivity contribution is 7.93. The van der Waals surface area contributed by atoms with Gasteiger partial charge in [-0.1, -0.05) is 24.3 Å². The van der Waals surface area contributed by atoms with Crippen molar-refractivity contribution < 1.29 is 21.6 Å². The standard InChI is InChI=1S/C24H23N3O5S2/c1-16-10-12-18(15-23(16)34(30,31)27-20-8-4-5-9-21(20)32-3)26-33(28,29)22-13-11-17(2)24-19(22)7-6-14-25-24/h4-15,26-27H,1-3H3. The van der Waals surface area contributed by atoms with E-state index < -0.39 is 20.0 Å². The van der Waals surface area contributed by atoms with Crippen LogP contribution in [0.15, 0.2) is 82.7 Å². The van der Waals surface area contributed by atoms with Crippen molar-refractivity contribution in [3.63, 3.8) is 0 Å². The van der Waals surface area contributed by atoms with E-state index in [0.717, 1.165) is 5.56 Å². The fraction of sp³-hybridized carbons (Fsp3) is 0.125. The molecule has 0 amide bonds. The Balaban J connectivity index is 1.71. The number of rotatable bonds is 7. The third-order valence-electron chi connectivity index (χ3n) is 5.30. The van der Waals surface area contributed by atoms with Crippen LogP contribution in [0.5, 0.6) is 5.75 Å². The molecule has 0 radical (unpaired) electrons. The molecular weight excluding hydrogens is 474 g/mol. The van der Waals surface area contributed by atoms with Crippen LogP contribution in [0.25, 0.3) is 10.9 Å². The Bertz CT molecular complexity index is 1600. The van der Waals surface area contributed by atoms with Crippen molar-refractivity contribution in [3.05, 3.63) is 84.1 Å². The minimum atomic E-state index is -4.03. The Morgan fingerprint density at radius 2 is 1.47 bits per heavy atom. The summed E-state index contributed by atoms with van der Waals surface area (Å²) in [5, 5.41) is 0.479. The first kappa shape index (κ1) is 23.5. The lowest BCUT2D eigenvalue weighted by atomic mass is 10.1. The molecule has 0 fully saturated rings. The number of para-hydroxylation sites is 2.